The number of benzene rings is 1. The van der Waals surface area contributed by atoms with Crippen LogP contribution in [0.25, 0.3) is 16.9 Å². The van der Waals surface area contributed by atoms with E-state index in [0.29, 0.717) is 24.1 Å². The van der Waals surface area contributed by atoms with Crippen molar-refractivity contribution in [2.45, 2.75) is 19.1 Å². The number of hydrogen-bond acceptors (Lipinski definition) is 7. The lowest BCUT2D eigenvalue weighted by atomic mass is 10.2. The molecule has 8 nitrogen and oxygen atoms in total. The summed E-state index contributed by atoms with van der Waals surface area (Å²) in [5.41, 5.74) is 4.72. The highest BCUT2D eigenvalue weighted by Crippen LogP contribution is 2.28. The fraction of sp³-hybridized carbons (Fsp3) is 0.304. The number of piperazine rings is 1. The zero-order valence-electron chi connectivity index (χ0n) is 18.1. The van der Waals surface area contributed by atoms with Gasteiger partial charge in [0.2, 0.25) is 5.91 Å². The number of fused-ring (bicyclic) bond motifs is 1. The van der Waals surface area contributed by atoms with Crippen molar-refractivity contribution in [1.82, 2.24) is 24.6 Å². The predicted molar refractivity (Wildman–Crippen MR) is 124 cm³/mol. The number of thioether (sulfide) groups is 1. The first-order valence-corrected chi connectivity index (χ1v) is 11.6. The van der Waals surface area contributed by atoms with Crippen LogP contribution in [0.3, 0.4) is 0 Å². The van der Waals surface area contributed by atoms with Crippen molar-refractivity contribution in [3.05, 3.63) is 60.0 Å². The number of carbonyl (C=O) groups excluding carboxylic acids is 1. The molecular weight excluding hydrogens is 424 g/mol. The Labute approximate surface area is 190 Å². The quantitative estimate of drug-likeness (QED) is 0.433. The first-order valence-electron chi connectivity index (χ1n) is 10.6. The number of aromatic nitrogens is 4. The minimum absolute atomic E-state index is 0.106. The number of hydrogen-bond donors (Lipinski definition) is 0. The molecule has 0 saturated carbocycles. The van der Waals surface area contributed by atoms with E-state index in [-0.39, 0.29) is 5.91 Å². The van der Waals surface area contributed by atoms with Crippen LogP contribution in [0.4, 0.5) is 5.69 Å². The van der Waals surface area contributed by atoms with Gasteiger partial charge in [0.1, 0.15) is 5.52 Å². The van der Waals surface area contributed by atoms with E-state index in [1.165, 1.54) is 11.8 Å². The summed E-state index contributed by atoms with van der Waals surface area (Å²) in [4.78, 5) is 25.8. The van der Waals surface area contributed by atoms with Crippen molar-refractivity contribution >= 4 is 34.5 Å². The summed E-state index contributed by atoms with van der Waals surface area (Å²) in [6.07, 6.45) is 1.77. The van der Waals surface area contributed by atoms with Crippen LogP contribution < -0.4 is 4.90 Å². The molecule has 0 spiro atoms. The highest BCUT2D eigenvalue weighted by atomic mass is 32.2. The van der Waals surface area contributed by atoms with Crippen molar-refractivity contribution in [3.63, 3.8) is 0 Å². The van der Waals surface area contributed by atoms with Gasteiger partial charge in [-0.15, -0.1) is 0 Å². The van der Waals surface area contributed by atoms with Crippen LogP contribution >= 0.6 is 11.8 Å². The third-order valence-corrected chi connectivity index (χ3v) is 6.47. The number of oxazole rings is 1. The molecule has 4 aromatic rings. The van der Waals surface area contributed by atoms with E-state index in [1.807, 2.05) is 59.0 Å². The molecule has 0 bridgehead atoms. The zero-order chi connectivity index (χ0) is 22.1. The van der Waals surface area contributed by atoms with Crippen molar-refractivity contribution in [2.75, 3.05) is 36.8 Å². The molecule has 4 heterocycles. The minimum Gasteiger partial charge on any atom is -0.431 e. The Morgan fingerprint density at radius 2 is 1.84 bits per heavy atom. The van der Waals surface area contributed by atoms with E-state index in [0.717, 1.165) is 47.1 Å². The van der Waals surface area contributed by atoms with E-state index >= 15 is 0 Å². The van der Waals surface area contributed by atoms with Crippen LogP contribution in [0.1, 0.15) is 11.4 Å². The molecule has 0 radical (unpaired) electrons. The number of carbonyl (C=O) groups is 1. The maximum absolute atomic E-state index is 12.7. The fourth-order valence-electron chi connectivity index (χ4n) is 4.10. The van der Waals surface area contributed by atoms with E-state index in [2.05, 4.69) is 21.8 Å². The normalized spacial score (nSPS) is 14.3. The molecule has 32 heavy (non-hydrogen) atoms. The van der Waals surface area contributed by atoms with E-state index in [9.17, 15) is 4.79 Å². The Morgan fingerprint density at radius 1 is 1.06 bits per heavy atom. The van der Waals surface area contributed by atoms with Gasteiger partial charge < -0.3 is 14.2 Å². The molecule has 0 aliphatic carbocycles. The second-order valence-corrected chi connectivity index (χ2v) is 8.65. The Hall–Kier alpha value is -3.33. The SMILES string of the molecule is Cc1nn(-c2ccccn2)c(C)c1N1CCN(C(=O)CSc2nc3ccccc3o2)CC1. The first-order chi connectivity index (χ1) is 15.6. The Bertz CT molecular complexity index is 1210. The van der Waals surface area contributed by atoms with Gasteiger partial charge in [-0.3, -0.25) is 4.79 Å². The van der Waals surface area contributed by atoms with Crippen LogP contribution in [-0.4, -0.2) is 62.5 Å². The van der Waals surface area contributed by atoms with Gasteiger partial charge in [-0.05, 0) is 38.1 Å². The van der Waals surface area contributed by atoms with Gasteiger partial charge in [0.25, 0.3) is 5.22 Å². The summed E-state index contributed by atoms with van der Waals surface area (Å²) in [7, 11) is 0. The lowest BCUT2D eigenvalue weighted by molar-refractivity contribution is -0.128. The largest absolute Gasteiger partial charge is 0.431 e. The highest BCUT2D eigenvalue weighted by Gasteiger charge is 2.26. The number of nitrogens with zero attached hydrogens (tertiary/aromatic N) is 6. The second kappa shape index (κ2) is 8.66. The molecule has 3 aromatic heterocycles. The predicted octanol–water partition coefficient (Wildman–Crippen LogP) is 3.47. The average Bonchev–Trinajstić information content (AvgIpc) is 3.38. The van der Waals surface area contributed by atoms with Crippen LogP contribution in [-0.2, 0) is 4.79 Å². The van der Waals surface area contributed by atoms with Gasteiger partial charge in [0.05, 0.1) is 22.8 Å². The standard InChI is InChI=1S/C23H24N6O2S/c1-16-22(17(2)29(26-16)20-9-5-6-10-24-20)28-13-11-27(12-14-28)21(30)15-32-23-25-18-7-3-4-8-19(18)31-23/h3-10H,11-15H2,1-2H3. The molecule has 5 rings (SSSR count). The number of rotatable bonds is 5. The summed E-state index contributed by atoms with van der Waals surface area (Å²) < 4.78 is 7.59. The zero-order valence-corrected chi connectivity index (χ0v) is 18.9. The van der Waals surface area contributed by atoms with Crippen LogP contribution in [0.2, 0.25) is 0 Å². The summed E-state index contributed by atoms with van der Waals surface area (Å²) in [5.74, 6) is 1.24. The summed E-state index contributed by atoms with van der Waals surface area (Å²) in [5, 5.41) is 5.24. The van der Waals surface area contributed by atoms with Crippen molar-refractivity contribution < 1.29 is 9.21 Å². The van der Waals surface area contributed by atoms with E-state index in [1.54, 1.807) is 6.20 Å². The highest BCUT2D eigenvalue weighted by molar-refractivity contribution is 7.99. The summed E-state index contributed by atoms with van der Waals surface area (Å²) in [6, 6.07) is 13.4. The Morgan fingerprint density at radius 3 is 2.59 bits per heavy atom. The maximum Gasteiger partial charge on any atom is 0.257 e. The smallest absolute Gasteiger partial charge is 0.257 e. The van der Waals surface area contributed by atoms with Gasteiger partial charge in [-0.2, -0.15) is 5.10 Å². The second-order valence-electron chi connectivity index (χ2n) is 7.72. The lowest BCUT2D eigenvalue weighted by Gasteiger charge is -2.36. The van der Waals surface area contributed by atoms with Crippen molar-refractivity contribution in [2.24, 2.45) is 0 Å². The fourth-order valence-corrected chi connectivity index (χ4v) is 4.84. The molecule has 1 fully saturated rings. The van der Waals surface area contributed by atoms with Gasteiger partial charge in [0.15, 0.2) is 11.4 Å². The first kappa shape index (κ1) is 20.6. The van der Waals surface area contributed by atoms with Gasteiger partial charge in [0, 0.05) is 32.4 Å². The molecule has 1 aliphatic rings. The molecule has 1 amide bonds. The topological polar surface area (TPSA) is 80.3 Å². The molecule has 1 saturated heterocycles. The molecule has 164 valence electrons. The van der Waals surface area contributed by atoms with Crippen LogP contribution in [0.5, 0.6) is 0 Å². The van der Waals surface area contributed by atoms with Gasteiger partial charge in [-0.1, -0.05) is 30.0 Å². The van der Waals surface area contributed by atoms with Gasteiger partial charge >= 0.3 is 0 Å². The molecular formula is C23H24N6O2S. The third-order valence-electron chi connectivity index (χ3n) is 5.66. The molecule has 0 atom stereocenters. The molecule has 0 N–H and O–H groups in total. The molecule has 0 unspecified atom stereocenters. The minimum atomic E-state index is 0.106. The van der Waals surface area contributed by atoms with Crippen LogP contribution in [0.15, 0.2) is 58.3 Å². The van der Waals surface area contributed by atoms with Crippen molar-refractivity contribution in [3.8, 4) is 5.82 Å². The monoisotopic (exact) mass is 448 g/mol. The van der Waals surface area contributed by atoms with E-state index in [4.69, 9.17) is 9.52 Å². The number of aryl methyl sites for hydroxylation is 1. The van der Waals surface area contributed by atoms with Gasteiger partial charge in [-0.25, -0.2) is 14.6 Å². The number of para-hydroxylation sites is 2. The Kier molecular flexibility index (Phi) is 5.57. The number of anilines is 1. The maximum atomic E-state index is 12.7. The molecule has 9 heteroatoms. The molecule has 1 aromatic carbocycles. The van der Waals surface area contributed by atoms with E-state index < -0.39 is 0 Å². The average molecular weight is 449 g/mol. The van der Waals surface area contributed by atoms with Crippen molar-refractivity contribution in [1.29, 1.82) is 0 Å². The number of amides is 1. The lowest BCUT2D eigenvalue weighted by Crippen LogP contribution is -2.49. The third kappa shape index (κ3) is 3.95. The van der Waals surface area contributed by atoms with Crippen LogP contribution in [0, 0.1) is 13.8 Å². The Balaban J connectivity index is 1.20. The molecule has 1 aliphatic heterocycles. The summed E-state index contributed by atoms with van der Waals surface area (Å²) >= 11 is 1.35. The number of pyridine rings is 1. The summed E-state index contributed by atoms with van der Waals surface area (Å²) in [6.45, 7) is 7.00.